The van der Waals surface area contributed by atoms with E-state index in [2.05, 4.69) is 24.2 Å². The van der Waals surface area contributed by atoms with Crippen molar-refractivity contribution in [3.05, 3.63) is 65.2 Å². The van der Waals surface area contributed by atoms with Gasteiger partial charge < -0.3 is 19.9 Å². The molecule has 2 aromatic rings. The van der Waals surface area contributed by atoms with Gasteiger partial charge in [-0.15, -0.1) is 0 Å². The van der Waals surface area contributed by atoms with E-state index in [1.807, 2.05) is 49.9 Å². The zero-order valence-electron chi connectivity index (χ0n) is 23.9. The highest BCUT2D eigenvalue weighted by atomic mass is 16.5. The van der Waals surface area contributed by atoms with Gasteiger partial charge in [-0.1, -0.05) is 57.0 Å². The number of amides is 4. The van der Waals surface area contributed by atoms with Crippen LogP contribution in [0.1, 0.15) is 74.0 Å². The van der Waals surface area contributed by atoms with Crippen LogP contribution in [0.15, 0.2) is 48.5 Å². The van der Waals surface area contributed by atoms with Gasteiger partial charge >= 0.3 is 6.03 Å². The summed E-state index contributed by atoms with van der Waals surface area (Å²) in [6.07, 6.45) is 2.05. The molecule has 0 unspecified atom stereocenters. The van der Waals surface area contributed by atoms with Gasteiger partial charge in [-0.05, 0) is 63.1 Å². The average Bonchev–Trinajstić information content (AvgIpc) is 2.94. The van der Waals surface area contributed by atoms with Gasteiger partial charge in [-0.3, -0.25) is 9.59 Å². The summed E-state index contributed by atoms with van der Waals surface area (Å²) in [5, 5.41) is 3.08. The molecule has 0 saturated carbocycles. The lowest BCUT2D eigenvalue weighted by Gasteiger charge is -2.53. The number of likely N-dealkylation sites (tertiary alicyclic amines) is 1. The quantitative estimate of drug-likeness (QED) is 0.459. The average molecular weight is 535 g/mol. The Kier molecular flexibility index (Phi) is 8.95. The number of ether oxygens (including phenoxy) is 1. The lowest BCUT2D eigenvalue weighted by atomic mass is 9.72. The van der Waals surface area contributed by atoms with Crippen molar-refractivity contribution in [2.24, 2.45) is 5.41 Å². The molecule has 2 atom stereocenters. The third-order valence-corrected chi connectivity index (χ3v) is 8.33. The predicted molar refractivity (Wildman–Crippen MR) is 151 cm³/mol. The van der Waals surface area contributed by atoms with Crippen molar-refractivity contribution in [2.45, 2.75) is 65.6 Å². The SMILES string of the molecule is CCC[C@H](NC(=O)N1C(=O)C(CC)(CC)[C@@H]1Oc1ccc(C(=O)N2CCN(C)CC2)cc1)c1ccc(C)cc1. The summed E-state index contributed by atoms with van der Waals surface area (Å²) in [5.41, 5.74) is 2.00. The van der Waals surface area contributed by atoms with E-state index in [9.17, 15) is 14.4 Å². The summed E-state index contributed by atoms with van der Waals surface area (Å²) < 4.78 is 6.32. The standard InChI is InChI=1S/C31H42N4O4/c1-6-9-26(23-12-10-22(4)11-13-23)32-30(38)35-28(37)31(7-2,8-3)29(35)39-25-16-14-24(15-17-25)27(36)34-20-18-33(5)19-21-34/h10-17,26,29H,6-9,18-21H2,1-5H3,(H,32,38)/t26-,29-/m0/s1. The molecule has 2 aromatic carbocycles. The van der Waals surface area contributed by atoms with Crippen molar-refractivity contribution in [3.63, 3.8) is 0 Å². The highest BCUT2D eigenvalue weighted by molar-refractivity contribution is 6.03. The maximum atomic E-state index is 13.5. The number of hydrogen-bond donors (Lipinski definition) is 1. The van der Waals surface area contributed by atoms with Crippen LogP contribution in [0, 0.1) is 12.3 Å². The first-order chi connectivity index (χ1) is 18.7. The molecule has 1 N–H and O–H groups in total. The van der Waals surface area contributed by atoms with E-state index >= 15 is 0 Å². The van der Waals surface area contributed by atoms with Crippen LogP contribution in [-0.4, -0.2) is 72.0 Å². The van der Waals surface area contributed by atoms with Crippen molar-refractivity contribution in [1.29, 1.82) is 0 Å². The first kappa shape index (κ1) is 28.6. The summed E-state index contributed by atoms with van der Waals surface area (Å²) in [6.45, 7) is 11.2. The molecule has 8 nitrogen and oxygen atoms in total. The number of β-lactam (4-membered cyclic amide) rings is 1. The first-order valence-corrected chi connectivity index (χ1v) is 14.2. The molecule has 8 heteroatoms. The lowest BCUT2D eigenvalue weighted by molar-refractivity contribution is -0.191. The molecule has 4 rings (SSSR count). The number of nitrogens with one attached hydrogen (secondary N) is 1. The highest BCUT2D eigenvalue weighted by Gasteiger charge is 2.63. The van der Waals surface area contributed by atoms with Gasteiger partial charge in [0.2, 0.25) is 5.91 Å². The van der Waals surface area contributed by atoms with Gasteiger partial charge in [0.25, 0.3) is 5.91 Å². The number of benzene rings is 2. The van der Waals surface area contributed by atoms with Crippen LogP contribution >= 0.6 is 0 Å². The van der Waals surface area contributed by atoms with Crippen LogP contribution in [-0.2, 0) is 4.79 Å². The first-order valence-electron chi connectivity index (χ1n) is 14.2. The number of piperazine rings is 1. The summed E-state index contributed by atoms with van der Waals surface area (Å²) in [6, 6.07) is 14.5. The number of hydrogen-bond acceptors (Lipinski definition) is 5. The molecular weight excluding hydrogens is 492 g/mol. The largest absolute Gasteiger partial charge is 0.469 e. The zero-order valence-corrected chi connectivity index (χ0v) is 23.9. The summed E-state index contributed by atoms with van der Waals surface area (Å²) >= 11 is 0. The van der Waals surface area contributed by atoms with Crippen LogP contribution in [0.2, 0.25) is 0 Å². The van der Waals surface area contributed by atoms with Crippen LogP contribution in [0.4, 0.5) is 4.79 Å². The third kappa shape index (κ3) is 5.81. The molecule has 2 heterocycles. The van der Waals surface area contributed by atoms with Crippen molar-refractivity contribution in [2.75, 3.05) is 33.2 Å². The Morgan fingerprint density at radius 1 is 0.974 bits per heavy atom. The summed E-state index contributed by atoms with van der Waals surface area (Å²) in [5.74, 6) is 0.315. The van der Waals surface area contributed by atoms with E-state index in [1.165, 1.54) is 4.90 Å². The van der Waals surface area contributed by atoms with E-state index in [-0.39, 0.29) is 17.9 Å². The van der Waals surface area contributed by atoms with Gasteiger partial charge in [-0.2, -0.15) is 0 Å². The van der Waals surface area contributed by atoms with Crippen LogP contribution in [0.5, 0.6) is 5.75 Å². The number of nitrogens with zero attached hydrogens (tertiary/aromatic N) is 3. The minimum Gasteiger partial charge on any atom is -0.469 e. The molecule has 2 saturated heterocycles. The minimum atomic E-state index is -0.768. The Hall–Kier alpha value is -3.39. The number of rotatable bonds is 9. The Bertz CT molecular complexity index is 1150. The van der Waals surface area contributed by atoms with Crippen molar-refractivity contribution in [1.82, 2.24) is 20.0 Å². The molecule has 210 valence electrons. The Morgan fingerprint density at radius 2 is 1.59 bits per heavy atom. The highest BCUT2D eigenvalue weighted by Crippen LogP contribution is 2.46. The summed E-state index contributed by atoms with van der Waals surface area (Å²) in [7, 11) is 2.06. The second-order valence-electron chi connectivity index (χ2n) is 10.8. The summed E-state index contributed by atoms with van der Waals surface area (Å²) in [4.78, 5) is 45.1. The minimum absolute atomic E-state index is 0.00371. The molecule has 2 fully saturated rings. The molecule has 2 aliphatic heterocycles. The second kappa shape index (κ2) is 12.2. The lowest BCUT2D eigenvalue weighted by Crippen LogP contribution is -2.73. The fourth-order valence-corrected chi connectivity index (χ4v) is 5.52. The Balaban J connectivity index is 1.49. The van der Waals surface area contributed by atoms with Crippen molar-refractivity contribution in [3.8, 4) is 5.75 Å². The number of likely N-dealkylation sites (N-methyl/N-ethyl adjacent to an activating group) is 1. The molecule has 0 spiro atoms. The third-order valence-electron chi connectivity index (χ3n) is 8.33. The number of carbonyl (C=O) groups is 3. The fourth-order valence-electron chi connectivity index (χ4n) is 5.52. The number of carbonyl (C=O) groups excluding carboxylic acids is 3. The van der Waals surface area contributed by atoms with Gasteiger partial charge in [0.05, 0.1) is 6.04 Å². The van der Waals surface area contributed by atoms with E-state index < -0.39 is 17.7 Å². The number of aryl methyl sites for hydroxylation is 1. The zero-order chi connectivity index (χ0) is 28.2. The normalized spacial score (nSPS) is 19.8. The van der Waals surface area contributed by atoms with Crippen LogP contribution in [0.25, 0.3) is 0 Å². The van der Waals surface area contributed by atoms with E-state index in [0.717, 1.165) is 37.1 Å². The van der Waals surface area contributed by atoms with Crippen molar-refractivity contribution >= 4 is 17.8 Å². The Morgan fingerprint density at radius 3 is 2.15 bits per heavy atom. The van der Waals surface area contributed by atoms with Crippen LogP contribution in [0.3, 0.4) is 0 Å². The monoisotopic (exact) mass is 534 g/mol. The Labute approximate surface area is 232 Å². The molecule has 39 heavy (non-hydrogen) atoms. The van der Waals surface area contributed by atoms with E-state index in [4.69, 9.17) is 4.74 Å². The maximum Gasteiger partial charge on any atom is 0.327 e. The van der Waals surface area contributed by atoms with Gasteiger partial charge in [0.1, 0.15) is 11.2 Å². The second-order valence-corrected chi connectivity index (χ2v) is 10.8. The molecule has 0 bridgehead atoms. The van der Waals surface area contributed by atoms with Gasteiger partial charge in [-0.25, -0.2) is 9.69 Å². The van der Waals surface area contributed by atoms with Gasteiger partial charge in [0, 0.05) is 31.7 Å². The molecule has 0 radical (unpaired) electrons. The molecule has 2 aliphatic rings. The van der Waals surface area contributed by atoms with Gasteiger partial charge in [0.15, 0.2) is 6.23 Å². The molecule has 0 aromatic heterocycles. The number of imide groups is 1. The maximum absolute atomic E-state index is 13.5. The molecular formula is C31H42N4O4. The molecule has 4 amide bonds. The number of urea groups is 1. The van der Waals surface area contributed by atoms with E-state index in [1.54, 1.807) is 24.3 Å². The predicted octanol–water partition coefficient (Wildman–Crippen LogP) is 4.99. The smallest absolute Gasteiger partial charge is 0.327 e. The van der Waals surface area contributed by atoms with E-state index in [0.29, 0.717) is 37.2 Å². The topological polar surface area (TPSA) is 82.2 Å². The fraction of sp³-hybridized carbons (Fsp3) is 0.516. The van der Waals surface area contributed by atoms with Crippen molar-refractivity contribution < 1.29 is 19.1 Å². The molecule has 0 aliphatic carbocycles. The van der Waals surface area contributed by atoms with Crippen LogP contribution < -0.4 is 10.1 Å².